The molecule has 2 atom stereocenters. The Labute approximate surface area is 164 Å². The van der Waals surface area contributed by atoms with Crippen molar-refractivity contribution in [2.45, 2.75) is 38.3 Å². The van der Waals surface area contributed by atoms with Gasteiger partial charge < -0.3 is 20.5 Å². The van der Waals surface area contributed by atoms with Gasteiger partial charge in [0, 0.05) is 11.3 Å². The highest BCUT2D eigenvalue weighted by Crippen LogP contribution is 2.23. The van der Waals surface area contributed by atoms with Gasteiger partial charge in [-0.2, -0.15) is 0 Å². The van der Waals surface area contributed by atoms with E-state index in [1.807, 2.05) is 24.3 Å². The molecule has 0 saturated carbocycles. The van der Waals surface area contributed by atoms with E-state index >= 15 is 0 Å². The molecule has 2 amide bonds. The zero-order valence-electron chi connectivity index (χ0n) is 16.4. The molecule has 28 heavy (non-hydrogen) atoms. The van der Waals surface area contributed by atoms with E-state index in [4.69, 9.17) is 4.74 Å². The van der Waals surface area contributed by atoms with Crippen LogP contribution in [0.15, 0.2) is 48.5 Å². The van der Waals surface area contributed by atoms with Gasteiger partial charge in [0.05, 0.1) is 12.6 Å². The quantitative estimate of drug-likeness (QED) is 0.759. The van der Waals surface area contributed by atoms with Crippen LogP contribution >= 0.6 is 0 Å². The summed E-state index contributed by atoms with van der Waals surface area (Å²) in [5, 5.41) is 16.0. The second-order valence-corrected chi connectivity index (χ2v) is 8.04. The number of benzene rings is 2. The molecule has 2 aromatic rings. The number of carbonyl (C=O) groups excluding carboxylic acids is 2. The third-order valence-corrected chi connectivity index (χ3v) is 4.78. The molecule has 0 radical (unpaired) electrons. The Morgan fingerprint density at radius 2 is 1.79 bits per heavy atom. The second kappa shape index (κ2) is 8.12. The van der Waals surface area contributed by atoms with E-state index < -0.39 is 12.1 Å². The Bertz CT molecular complexity index is 838. The molecule has 1 aliphatic rings. The topological polar surface area (TPSA) is 87.7 Å². The Kier molecular flexibility index (Phi) is 5.82. The van der Waals surface area contributed by atoms with Crippen molar-refractivity contribution in [2.24, 2.45) is 0 Å². The molecule has 2 aromatic carbocycles. The standard InChI is InChI=1S/C22H26N2O4/c1-22(2,3)16-8-4-15(5-9-16)21(27)23-17-10-6-14(7-11-17)20(26)18-12-28-13-19(25)24-18/h4-11,18,20,26H,12-13H2,1-3H3,(H,23,27)(H,24,25). The molecule has 3 N–H and O–H groups in total. The average Bonchev–Trinajstić information content (AvgIpc) is 2.67. The summed E-state index contributed by atoms with van der Waals surface area (Å²) in [5.41, 5.74) is 3.06. The minimum atomic E-state index is -0.876. The summed E-state index contributed by atoms with van der Waals surface area (Å²) < 4.78 is 5.16. The molecule has 0 aromatic heterocycles. The molecule has 0 bridgehead atoms. The van der Waals surface area contributed by atoms with Crippen LogP contribution in [0.25, 0.3) is 0 Å². The predicted octanol–water partition coefficient (Wildman–Crippen LogP) is 2.78. The molecule has 0 aliphatic carbocycles. The smallest absolute Gasteiger partial charge is 0.255 e. The number of nitrogens with one attached hydrogen (secondary N) is 2. The number of carbonyl (C=O) groups is 2. The van der Waals surface area contributed by atoms with Gasteiger partial charge in [-0.3, -0.25) is 9.59 Å². The summed E-state index contributed by atoms with van der Waals surface area (Å²) in [5.74, 6) is -0.432. The Morgan fingerprint density at radius 1 is 1.14 bits per heavy atom. The fourth-order valence-electron chi connectivity index (χ4n) is 3.06. The fourth-order valence-corrected chi connectivity index (χ4v) is 3.06. The Balaban J connectivity index is 1.63. The van der Waals surface area contributed by atoms with Crippen LogP contribution in [-0.4, -0.2) is 36.2 Å². The van der Waals surface area contributed by atoms with Crippen LogP contribution < -0.4 is 10.6 Å². The summed E-state index contributed by atoms with van der Waals surface area (Å²) >= 11 is 0. The van der Waals surface area contributed by atoms with Gasteiger partial charge >= 0.3 is 0 Å². The zero-order chi connectivity index (χ0) is 20.3. The molecular weight excluding hydrogens is 356 g/mol. The van der Waals surface area contributed by atoms with Crippen molar-refractivity contribution in [1.29, 1.82) is 0 Å². The lowest BCUT2D eigenvalue weighted by molar-refractivity contribution is -0.133. The van der Waals surface area contributed by atoms with Crippen LogP contribution in [0, 0.1) is 0 Å². The highest BCUT2D eigenvalue weighted by atomic mass is 16.5. The van der Waals surface area contributed by atoms with Crippen molar-refractivity contribution in [3.05, 3.63) is 65.2 Å². The maximum Gasteiger partial charge on any atom is 0.255 e. The summed E-state index contributed by atoms with van der Waals surface area (Å²) in [6, 6.07) is 14.0. The van der Waals surface area contributed by atoms with Crippen LogP contribution in [0.3, 0.4) is 0 Å². The normalized spacial score (nSPS) is 18.3. The summed E-state index contributed by atoms with van der Waals surface area (Å²) in [6.07, 6.45) is -0.876. The Morgan fingerprint density at radius 3 is 2.36 bits per heavy atom. The number of amides is 2. The van der Waals surface area contributed by atoms with Gasteiger partial charge in [-0.1, -0.05) is 45.0 Å². The molecule has 6 heteroatoms. The SMILES string of the molecule is CC(C)(C)c1ccc(C(=O)Nc2ccc(C(O)C3COCC(=O)N3)cc2)cc1. The minimum Gasteiger partial charge on any atom is -0.386 e. The largest absolute Gasteiger partial charge is 0.386 e. The molecular formula is C22H26N2O4. The van der Waals surface area contributed by atoms with Crippen LogP contribution in [0.4, 0.5) is 5.69 Å². The number of aliphatic hydroxyl groups is 1. The van der Waals surface area contributed by atoms with Gasteiger partial charge in [-0.25, -0.2) is 0 Å². The van der Waals surface area contributed by atoms with E-state index in [1.165, 1.54) is 5.56 Å². The second-order valence-electron chi connectivity index (χ2n) is 8.04. The van der Waals surface area contributed by atoms with Crippen molar-refractivity contribution in [2.75, 3.05) is 18.5 Å². The molecule has 0 spiro atoms. The fraction of sp³-hybridized carbons (Fsp3) is 0.364. The van der Waals surface area contributed by atoms with Gasteiger partial charge in [0.2, 0.25) is 5.91 Å². The van der Waals surface area contributed by atoms with Crippen LogP contribution in [0.1, 0.15) is 48.4 Å². The molecule has 2 unspecified atom stereocenters. The van der Waals surface area contributed by atoms with Gasteiger partial charge in [-0.05, 0) is 40.8 Å². The number of aliphatic hydroxyl groups excluding tert-OH is 1. The van der Waals surface area contributed by atoms with Crippen molar-refractivity contribution in [3.8, 4) is 0 Å². The monoisotopic (exact) mass is 382 g/mol. The molecule has 1 fully saturated rings. The number of hydrogen-bond acceptors (Lipinski definition) is 4. The highest BCUT2D eigenvalue weighted by molar-refractivity contribution is 6.04. The number of hydrogen-bond donors (Lipinski definition) is 3. The first kappa shape index (κ1) is 20.0. The third-order valence-electron chi connectivity index (χ3n) is 4.78. The molecule has 1 saturated heterocycles. The maximum atomic E-state index is 12.5. The lowest BCUT2D eigenvalue weighted by Gasteiger charge is -2.28. The first-order valence-corrected chi connectivity index (χ1v) is 9.31. The number of anilines is 1. The van der Waals surface area contributed by atoms with Crippen LogP contribution in [-0.2, 0) is 14.9 Å². The zero-order valence-corrected chi connectivity index (χ0v) is 16.4. The van der Waals surface area contributed by atoms with Crippen molar-refractivity contribution < 1.29 is 19.4 Å². The Hall–Kier alpha value is -2.70. The number of morpholine rings is 1. The highest BCUT2D eigenvalue weighted by Gasteiger charge is 2.26. The maximum absolute atomic E-state index is 12.5. The van der Waals surface area contributed by atoms with E-state index in [2.05, 4.69) is 31.4 Å². The number of rotatable bonds is 4. The van der Waals surface area contributed by atoms with Crippen molar-refractivity contribution >= 4 is 17.5 Å². The first-order valence-electron chi connectivity index (χ1n) is 9.31. The summed E-state index contributed by atoms with van der Waals surface area (Å²) in [6.45, 7) is 6.66. The van der Waals surface area contributed by atoms with Gasteiger partial charge in [0.15, 0.2) is 0 Å². The lowest BCUT2D eigenvalue weighted by atomic mass is 9.87. The summed E-state index contributed by atoms with van der Waals surface area (Å²) in [7, 11) is 0. The van der Waals surface area contributed by atoms with E-state index in [0.29, 0.717) is 16.8 Å². The van der Waals surface area contributed by atoms with Gasteiger partial charge in [-0.15, -0.1) is 0 Å². The first-order chi connectivity index (χ1) is 13.2. The summed E-state index contributed by atoms with van der Waals surface area (Å²) in [4.78, 5) is 23.9. The molecule has 1 heterocycles. The van der Waals surface area contributed by atoms with Crippen LogP contribution in [0.5, 0.6) is 0 Å². The minimum absolute atomic E-state index is 0.0188. The van der Waals surface area contributed by atoms with E-state index in [0.717, 1.165) is 0 Å². The molecule has 3 rings (SSSR count). The van der Waals surface area contributed by atoms with Gasteiger partial charge in [0.1, 0.15) is 12.7 Å². The third kappa shape index (κ3) is 4.77. The molecule has 6 nitrogen and oxygen atoms in total. The predicted molar refractivity (Wildman–Crippen MR) is 107 cm³/mol. The average molecular weight is 382 g/mol. The van der Waals surface area contributed by atoms with Crippen molar-refractivity contribution in [3.63, 3.8) is 0 Å². The van der Waals surface area contributed by atoms with E-state index in [1.54, 1.807) is 24.3 Å². The van der Waals surface area contributed by atoms with E-state index in [-0.39, 0.29) is 30.4 Å². The van der Waals surface area contributed by atoms with Crippen LogP contribution in [0.2, 0.25) is 0 Å². The molecule has 1 aliphatic heterocycles. The number of ether oxygens (including phenoxy) is 1. The molecule has 148 valence electrons. The van der Waals surface area contributed by atoms with E-state index in [9.17, 15) is 14.7 Å². The van der Waals surface area contributed by atoms with Crippen molar-refractivity contribution in [1.82, 2.24) is 5.32 Å². The van der Waals surface area contributed by atoms with Gasteiger partial charge in [0.25, 0.3) is 5.91 Å². The lowest BCUT2D eigenvalue weighted by Crippen LogP contribution is -2.48.